The Labute approximate surface area is 67.6 Å². The zero-order chi connectivity index (χ0) is 8.53. The number of hydrogen-bond acceptors (Lipinski definition) is 2. The van der Waals surface area contributed by atoms with Crippen LogP contribution in [0.3, 0.4) is 0 Å². The monoisotopic (exact) mass is 157 g/mol. The Hall–Kier alpha value is -0.830. The molecule has 64 valence electrons. The van der Waals surface area contributed by atoms with Crippen molar-refractivity contribution >= 4 is 6.21 Å². The Morgan fingerprint density at radius 2 is 2.27 bits per heavy atom. The van der Waals surface area contributed by atoms with E-state index in [9.17, 15) is 5.21 Å². The van der Waals surface area contributed by atoms with Gasteiger partial charge in [-0.3, -0.25) is 0 Å². The molecule has 0 unspecified atom stereocenters. The minimum Gasteiger partial charge on any atom is -0.624 e. The van der Waals surface area contributed by atoms with Gasteiger partial charge < -0.3 is 9.94 Å². The SMILES string of the molecule is C=C/C=[N+](/[O-])CCOCCC. The lowest BCUT2D eigenvalue weighted by Crippen LogP contribution is -2.12. The average molecular weight is 157 g/mol. The van der Waals surface area contributed by atoms with Gasteiger partial charge >= 0.3 is 0 Å². The number of rotatable bonds is 6. The van der Waals surface area contributed by atoms with Gasteiger partial charge in [0.15, 0.2) is 12.8 Å². The summed E-state index contributed by atoms with van der Waals surface area (Å²) in [5.41, 5.74) is 0. The first-order valence-corrected chi connectivity index (χ1v) is 3.78. The minimum absolute atomic E-state index is 0.381. The van der Waals surface area contributed by atoms with Crippen molar-refractivity contribution in [1.29, 1.82) is 0 Å². The highest BCUT2D eigenvalue weighted by Crippen LogP contribution is 1.80. The topological polar surface area (TPSA) is 35.3 Å². The van der Waals surface area contributed by atoms with Crippen molar-refractivity contribution in [3.8, 4) is 0 Å². The quantitative estimate of drug-likeness (QED) is 0.191. The first-order valence-electron chi connectivity index (χ1n) is 3.78. The Kier molecular flexibility index (Phi) is 6.73. The van der Waals surface area contributed by atoms with Gasteiger partial charge in [0.1, 0.15) is 6.61 Å². The first-order chi connectivity index (χ1) is 5.31. The number of hydrogen-bond donors (Lipinski definition) is 0. The first kappa shape index (κ1) is 10.2. The van der Waals surface area contributed by atoms with Crippen LogP contribution in [0.25, 0.3) is 0 Å². The number of nitrogens with zero attached hydrogens (tertiary/aromatic N) is 1. The Morgan fingerprint density at radius 1 is 1.55 bits per heavy atom. The maximum Gasteiger partial charge on any atom is 0.176 e. The van der Waals surface area contributed by atoms with E-state index in [0.29, 0.717) is 13.2 Å². The molecule has 0 atom stereocenters. The highest BCUT2D eigenvalue weighted by Gasteiger charge is 1.90. The molecular weight excluding hydrogens is 142 g/mol. The number of hydroxylamine groups is 1. The van der Waals surface area contributed by atoms with Gasteiger partial charge in [0.2, 0.25) is 0 Å². The highest BCUT2D eigenvalue weighted by molar-refractivity contribution is 5.65. The fourth-order valence-corrected chi connectivity index (χ4v) is 0.593. The van der Waals surface area contributed by atoms with Gasteiger partial charge in [-0.15, -0.1) is 0 Å². The molecule has 11 heavy (non-hydrogen) atoms. The van der Waals surface area contributed by atoms with Gasteiger partial charge in [-0.05, 0) is 12.5 Å². The molecule has 0 fully saturated rings. The van der Waals surface area contributed by atoms with Crippen LogP contribution in [0.15, 0.2) is 12.7 Å². The van der Waals surface area contributed by atoms with Crippen LogP contribution >= 0.6 is 0 Å². The molecule has 3 nitrogen and oxygen atoms in total. The van der Waals surface area contributed by atoms with Crippen molar-refractivity contribution in [2.45, 2.75) is 13.3 Å². The van der Waals surface area contributed by atoms with Gasteiger partial charge in [0.25, 0.3) is 0 Å². The third kappa shape index (κ3) is 7.06. The van der Waals surface area contributed by atoms with Crippen LogP contribution < -0.4 is 0 Å². The summed E-state index contributed by atoms with van der Waals surface area (Å²) in [6.07, 6.45) is 3.84. The molecule has 0 saturated heterocycles. The highest BCUT2D eigenvalue weighted by atomic mass is 16.5. The molecule has 0 aliphatic carbocycles. The van der Waals surface area contributed by atoms with Crippen LogP contribution in [-0.2, 0) is 4.74 Å². The Morgan fingerprint density at radius 3 is 2.82 bits per heavy atom. The molecule has 0 N–H and O–H groups in total. The molecule has 0 aromatic heterocycles. The molecular formula is C8H15NO2. The second kappa shape index (κ2) is 7.28. The smallest absolute Gasteiger partial charge is 0.176 e. The van der Waals surface area contributed by atoms with Crippen LogP contribution in [0.5, 0.6) is 0 Å². The van der Waals surface area contributed by atoms with Gasteiger partial charge in [-0.1, -0.05) is 13.5 Å². The molecule has 0 aliphatic heterocycles. The van der Waals surface area contributed by atoms with Crippen molar-refractivity contribution < 1.29 is 9.48 Å². The fourth-order valence-electron chi connectivity index (χ4n) is 0.593. The lowest BCUT2D eigenvalue weighted by Gasteiger charge is -2.02. The number of ether oxygens (including phenoxy) is 1. The second-order valence-corrected chi connectivity index (χ2v) is 2.14. The van der Waals surface area contributed by atoms with E-state index >= 15 is 0 Å². The molecule has 0 spiro atoms. The molecule has 0 bridgehead atoms. The molecule has 0 aliphatic rings. The Bertz CT molecular complexity index is 132. The van der Waals surface area contributed by atoms with Gasteiger partial charge in [0.05, 0.1) is 0 Å². The van der Waals surface area contributed by atoms with Crippen molar-refractivity contribution in [2.24, 2.45) is 0 Å². The molecule has 0 saturated carbocycles. The summed E-state index contributed by atoms with van der Waals surface area (Å²) < 4.78 is 5.91. The standard InChI is InChI=1S/C8H15NO2/c1-3-5-9(10)6-8-11-7-4-2/h3,5H,1,4,6-8H2,2H3/b9-5+. The van der Waals surface area contributed by atoms with E-state index in [1.165, 1.54) is 12.3 Å². The molecule has 0 aromatic rings. The maximum absolute atomic E-state index is 10.7. The van der Waals surface area contributed by atoms with Crippen LogP contribution in [-0.4, -0.2) is 30.7 Å². The summed E-state index contributed by atoms with van der Waals surface area (Å²) in [5, 5.41) is 10.7. The van der Waals surface area contributed by atoms with E-state index in [1.807, 2.05) is 6.92 Å². The predicted octanol–water partition coefficient (Wildman–Crippen LogP) is 1.18. The summed E-state index contributed by atoms with van der Waals surface area (Å²) in [4.78, 5) is 0. The van der Waals surface area contributed by atoms with Crippen LogP contribution in [0.2, 0.25) is 0 Å². The van der Waals surface area contributed by atoms with Crippen molar-refractivity contribution in [3.05, 3.63) is 17.9 Å². The summed E-state index contributed by atoms with van der Waals surface area (Å²) in [6, 6.07) is 0. The van der Waals surface area contributed by atoms with Crippen molar-refractivity contribution in [3.63, 3.8) is 0 Å². The van der Waals surface area contributed by atoms with E-state index in [-0.39, 0.29) is 0 Å². The lowest BCUT2D eigenvalue weighted by molar-refractivity contribution is -0.456. The summed E-state index contributed by atoms with van der Waals surface area (Å²) >= 11 is 0. The normalized spacial score (nSPS) is 11.5. The fraction of sp³-hybridized carbons (Fsp3) is 0.625. The third-order valence-corrected chi connectivity index (χ3v) is 1.08. The zero-order valence-electron chi connectivity index (χ0n) is 6.95. The molecule has 0 amide bonds. The van der Waals surface area contributed by atoms with Crippen molar-refractivity contribution in [2.75, 3.05) is 19.8 Å². The molecule has 3 heteroatoms. The second-order valence-electron chi connectivity index (χ2n) is 2.14. The summed E-state index contributed by atoms with van der Waals surface area (Å²) in [6.45, 7) is 7.03. The van der Waals surface area contributed by atoms with Crippen molar-refractivity contribution in [1.82, 2.24) is 0 Å². The average Bonchev–Trinajstić information content (AvgIpc) is 1.99. The Balaban J connectivity index is 3.23. The van der Waals surface area contributed by atoms with Gasteiger partial charge in [0, 0.05) is 6.61 Å². The van der Waals surface area contributed by atoms with E-state index in [4.69, 9.17) is 4.74 Å². The van der Waals surface area contributed by atoms with E-state index in [0.717, 1.165) is 17.8 Å². The lowest BCUT2D eigenvalue weighted by atomic mass is 10.5. The van der Waals surface area contributed by atoms with Crippen LogP contribution in [0.4, 0.5) is 0 Å². The summed E-state index contributed by atoms with van der Waals surface area (Å²) in [5.74, 6) is 0. The van der Waals surface area contributed by atoms with Crippen LogP contribution in [0, 0.1) is 5.21 Å². The minimum atomic E-state index is 0.381. The zero-order valence-corrected chi connectivity index (χ0v) is 6.95. The van der Waals surface area contributed by atoms with E-state index < -0.39 is 0 Å². The maximum atomic E-state index is 10.7. The molecule has 0 aromatic carbocycles. The number of allylic oxidation sites excluding steroid dienone is 1. The molecule has 0 rings (SSSR count). The van der Waals surface area contributed by atoms with Gasteiger partial charge in [-0.25, -0.2) is 4.74 Å². The van der Waals surface area contributed by atoms with Crippen LogP contribution in [0.1, 0.15) is 13.3 Å². The van der Waals surface area contributed by atoms with E-state index in [2.05, 4.69) is 6.58 Å². The van der Waals surface area contributed by atoms with Gasteiger partial charge in [-0.2, -0.15) is 0 Å². The molecule has 0 heterocycles. The van der Waals surface area contributed by atoms with E-state index in [1.54, 1.807) is 0 Å². The molecule has 0 radical (unpaired) electrons. The largest absolute Gasteiger partial charge is 0.624 e. The summed E-state index contributed by atoms with van der Waals surface area (Å²) in [7, 11) is 0. The predicted molar refractivity (Wildman–Crippen MR) is 45.9 cm³/mol. The third-order valence-electron chi connectivity index (χ3n) is 1.08.